The SMILES string of the molecule is Cc1ccc(S(=O)(=O)N2C[C@@H](C(=O)O)[C@H](SCc3ccccc3)C[C@H]2c2ccccc2F)cc1. The quantitative estimate of drug-likeness (QED) is 0.479. The van der Waals surface area contributed by atoms with E-state index in [2.05, 4.69) is 0 Å². The monoisotopic (exact) mass is 499 g/mol. The van der Waals surface area contributed by atoms with E-state index >= 15 is 0 Å². The number of halogens is 1. The molecule has 0 spiro atoms. The molecular formula is C26H26FNO4S2. The van der Waals surface area contributed by atoms with E-state index in [4.69, 9.17) is 0 Å². The zero-order valence-corrected chi connectivity index (χ0v) is 20.3. The van der Waals surface area contributed by atoms with Crippen LogP contribution in [0.3, 0.4) is 0 Å². The van der Waals surface area contributed by atoms with Crippen LogP contribution in [-0.2, 0) is 20.6 Å². The number of piperidine rings is 1. The number of carboxylic acids is 1. The first-order chi connectivity index (χ1) is 16.3. The minimum absolute atomic E-state index is 0.0685. The smallest absolute Gasteiger partial charge is 0.308 e. The van der Waals surface area contributed by atoms with E-state index in [-0.39, 0.29) is 28.7 Å². The van der Waals surface area contributed by atoms with Crippen LogP contribution in [0.25, 0.3) is 0 Å². The summed E-state index contributed by atoms with van der Waals surface area (Å²) in [6.07, 6.45) is 0.195. The molecule has 3 aromatic rings. The second-order valence-corrected chi connectivity index (χ2v) is 11.6. The highest BCUT2D eigenvalue weighted by Crippen LogP contribution is 2.43. The van der Waals surface area contributed by atoms with Crippen LogP contribution in [0.5, 0.6) is 0 Å². The largest absolute Gasteiger partial charge is 0.481 e. The first-order valence-electron chi connectivity index (χ1n) is 11.0. The number of carbonyl (C=O) groups is 1. The molecule has 1 aliphatic rings. The highest BCUT2D eigenvalue weighted by molar-refractivity contribution is 7.99. The van der Waals surface area contributed by atoms with Gasteiger partial charge in [0.15, 0.2) is 0 Å². The summed E-state index contributed by atoms with van der Waals surface area (Å²) in [7, 11) is -4.06. The van der Waals surface area contributed by atoms with E-state index in [1.165, 1.54) is 34.3 Å². The Hall–Kier alpha value is -2.68. The van der Waals surface area contributed by atoms with Gasteiger partial charge in [0.2, 0.25) is 10.0 Å². The number of aliphatic carboxylic acids is 1. The van der Waals surface area contributed by atoms with Gasteiger partial charge in [-0.2, -0.15) is 16.1 Å². The molecule has 0 aliphatic carbocycles. The number of thioether (sulfide) groups is 1. The first-order valence-corrected chi connectivity index (χ1v) is 13.5. The normalized spacial score (nSPS) is 21.3. The third-order valence-electron chi connectivity index (χ3n) is 6.14. The molecule has 1 aliphatic heterocycles. The molecule has 1 heterocycles. The van der Waals surface area contributed by atoms with Crippen molar-refractivity contribution in [2.24, 2.45) is 5.92 Å². The lowest BCUT2D eigenvalue weighted by molar-refractivity contribution is -0.143. The first kappa shape index (κ1) is 24.4. The van der Waals surface area contributed by atoms with Crippen molar-refractivity contribution < 1.29 is 22.7 Å². The summed E-state index contributed by atoms with van der Waals surface area (Å²) < 4.78 is 43.4. The number of sulfonamides is 1. The third kappa shape index (κ3) is 5.19. The molecule has 0 amide bonds. The van der Waals surface area contributed by atoms with E-state index < -0.39 is 33.8 Å². The van der Waals surface area contributed by atoms with Gasteiger partial charge in [0, 0.05) is 23.1 Å². The minimum atomic E-state index is -4.06. The van der Waals surface area contributed by atoms with Gasteiger partial charge in [0.05, 0.1) is 16.9 Å². The zero-order valence-electron chi connectivity index (χ0n) is 18.7. The topological polar surface area (TPSA) is 74.7 Å². The molecule has 34 heavy (non-hydrogen) atoms. The summed E-state index contributed by atoms with van der Waals surface area (Å²) in [6, 6.07) is 21.4. The van der Waals surface area contributed by atoms with Gasteiger partial charge >= 0.3 is 5.97 Å². The molecule has 0 bridgehead atoms. The summed E-state index contributed by atoms with van der Waals surface area (Å²) in [5.41, 5.74) is 2.21. The molecule has 0 unspecified atom stereocenters. The van der Waals surface area contributed by atoms with Gasteiger partial charge in [-0.15, -0.1) is 0 Å². The maximum absolute atomic E-state index is 14.9. The number of benzene rings is 3. The minimum Gasteiger partial charge on any atom is -0.481 e. The molecule has 1 N–H and O–H groups in total. The van der Waals surface area contributed by atoms with Crippen molar-refractivity contribution in [1.29, 1.82) is 0 Å². The average molecular weight is 500 g/mol. The third-order valence-corrected chi connectivity index (χ3v) is 9.48. The Kier molecular flexibility index (Phi) is 7.40. The highest BCUT2D eigenvalue weighted by atomic mass is 32.2. The maximum atomic E-state index is 14.9. The van der Waals surface area contributed by atoms with Gasteiger partial charge < -0.3 is 5.11 Å². The second-order valence-electron chi connectivity index (χ2n) is 8.44. The van der Waals surface area contributed by atoms with Crippen LogP contribution >= 0.6 is 11.8 Å². The van der Waals surface area contributed by atoms with E-state index in [1.807, 2.05) is 37.3 Å². The molecule has 3 atom stereocenters. The summed E-state index contributed by atoms with van der Waals surface area (Å²) >= 11 is 1.48. The average Bonchev–Trinajstić information content (AvgIpc) is 2.83. The van der Waals surface area contributed by atoms with Crippen LogP contribution < -0.4 is 0 Å². The Bertz CT molecular complexity index is 1250. The summed E-state index contributed by atoms with van der Waals surface area (Å²) in [4.78, 5) is 12.3. The van der Waals surface area contributed by atoms with Crippen LogP contribution in [0, 0.1) is 18.7 Å². The number of hydrogen-bond acceptors (Lipinski definition) is 4. The van der Waals surface area contributed by atoms with Crippen LogP contribution in [0.15, 0.2) is 83.8 Å². The van der Waals surface area contributed by atoms with Gasteiger partial charge in [-0.25, -0.2) is 12.8 Å². The standard InChI is InChI=1S/C26H26FNO4S2/c1-18-11-13-20(14-12-18)34(31,32)28-16-22(26(29)30)25(33-17-19-7-3-2-4-8-19)15-24(28)21-9-5-6-10-23(21)27/h2-14,22,24-25H,15-17H2,1H3,(H,29,30)/t22-,24+,25-/m1/s1. The molecule has 0 saturated carbocycles. The fourth-order valence-electron chi connectivity index (χ4n) is 4.28. The van der Waals surface area contributed by atoms with Gasteiger partial charge in [0.25, 0.3) is 0 Å². The number of nitrogens with zero attached hydrogens (tertiary/aromatic N) is 1. The van der Waals surface area contributed by atoms with Crippen molar-refractivity contribution >= 4 is 27.8 Å². The molecule has 3 aromatic carbocycles. The predicted molar refractivity (Wildman–Crippen MR) is 131 cm³/mol. The Balaban J connectivity index is 1.72. The van der Waals surface area contributed by atoms with E-state index in [0.717, 1.165) is 11.1 Å². The lowest BCUT2D eigenvalue weighted by Gasteiger charge is -2.41. The van der Waals surface area contributed by atoms with Crippen molar-refractivity contribution in [2.75, 3.05) is 6.54 Å². The molecule has 0 aromatic heterocycles. The lowest BCUT2D eigenvalue weighted by Crippen LogP contribution is -2.49. The van der Waals surface area contributed by atoms with Crippen LogP contribution in [0.2, 0.25) is 0 Å². The van der Waals surface area contributed by atoms with Crippen LogP contribution in [0.1, 0.15) is 29.2 Å². The molecule has 0 radical (unpaired) electrons. The van der Waals surface area contributed by atoms with Gasteiger partial charge in [-0.1, -0.05) is 66.2 Å². The lowest BCUT2D eigenvalue weighted by atomic mass is 9.90. The Labute approximate surface area is 203 Å². The van der Waals surface area contributed by atoms with Crippen molar-refractivity contribution in [3.05, 3.63) is 101 Å². The highest BCUT2D eigenvalue weighted by Gasteiger charge is 2.45. The number of carboxylic acid groups (broad SMARTS) is 1. The molecule has 8 heteroatoms. The summed E-state index contributed by atoms with van der Waals surface area (Å²) in [6.45, 7) is 1.63. The summed E-state index contributed by atoms with van der Waals surface area (Å²) in [5.74, 6) is -1.89. The molecule has 4 rings (SSSR count). The van der Waals surface area contributed by atoms with Crippen molar-refractivity contribution in [3.8, 4) is 0 Å². The molecule has 1 fully saturated rings. The Morgan fingerprint density at radius 3 is 2.32 bits per heavy atom. The van der Waals surface area contributed by atoms with Crippen LogP contribution in [0.4, 0.5) is 4.39 Å². The van der Waals surface area contributed by atoms with E-state index in [1.54, 1.807) is 30.3 Å². The van der Waals surface area contributed by atoms with Gasteiger partial charge in [0.1, 0.15) is 5.82 Å². The Morgan fingerprint density at radius 2 is 1.68 bits per heavy atom. The van der Waals surface area contributed by atoms with Gasteiger partial charge in [-0.05, 0) is 37.1 Å². The number of aryl methyl sites for hydroxylation is 1. The molecule has 1 saturated heterocycles. The van der Waals surface area contributed by atoms with Crippen LogP contribution in [-0.4, -0.2) is 35.6 Å². The van der Waals surface area contributed by atoms with Gasteiger partial charge in [-0.3, -0.25) is 4.79 Å². The van der Waals surface area contributed by atoms with E-state index in [0.29, 0.717) is 5.75 Å². The molecule has 178 valence electrons. The van der Waals surface area contributed by atoms with Crippen molar-refractivity contribution in [1.82, 2.24) is 4.31 Å². The number of rotatable bonds is 7. The van der Waals surface area contributed by atoms with Crippen molar-refractivity contribution in [2.45, 2.75) is 35.3 Å². The fraction of sp³-hybridized carbons (Fsp3) is 0.269. The van der Waals surface area contributed by atoms with E-state index in [9.17, 15) is 22.7 Å². The molecular weight excluding hydrogens is 473 g/mol. The Morgan fingerprint density at radius 1 is 1.03 bits per heavy atom. The van der Waals surface area contributed by atoms with Crippen molar-refractivity contribution in [3.63, 3.8) is 0 Å². The molecule has 5 nitrogen and oxygen atoms in total. The maximum Gasteiger partial charge on any atom is 0.308 e. The predicted octanol–water partition coefficient (Wildman–Crippen LogP) is 5.27. The second kappa shape index (κ2) is 10.3. The zero-order chi connectivity index (χ0) is 24.3. The fourth-order valence-corrected chi connectivity index (χ4v) is 7.27. The summed E-state index contributed by atoms with van der Waals surface area (Å²) in [5, 5.41) is 9.62. The number of hydrogen-bond donors (Lipinski definition) is 1.